The largest absolute Gasteiger partial charge is 0.497 e. The summed E-state index contributed by atoms with van der Waals surface area (Å²) in [5.41, 5.74) is 5.48. The molecule has 0 saturated heterocycles. The molecule has 1 aromatic rings. The molecule has 0 unspecified atom stereocenters. The van der Waals surface area contributed by atoms with Crippen molar-refractivity contribution in [2.75, 3.05) is 7.04 Å². The van der Waals surface area contributed by atoms with Crippen molar-refractivity contribution in [1.82, 2.24) is 0 Å². The standard InChI is InChI=1S/C8H10FNO/c1-11-7-2-3-8(9)6(4-7)5-10/h2-4H,5,10H2,1H3/i1D3. The van der Waals surface area contributed by atoms with Crippen LogP contribution in [0.15, 0.2) is 18.2 Å². The van der Waals surface area contributed by atoms with Gasteiger partial charge >= 0.3 is 0 Å². The zero-order valence-electron chi connectivity index (χ0n) is 8.80. The van der Waals surface area contributed by atoms with Gasteiger partial charge in [0, 0.05) is 12.1 Å². The van der Waals surface area contributed by atoms with Crippen LogP contribution >= 0.6 is 0 Å². The SMILES string of the molecule is [2H]C([2H])([2H])Oc1ccc(F)c(CN)c1. The Bertz CT molecular complexity index is 327. The molecule has 0 heterocycles. The van der Waals surface area contributed by atoms with Gasteiger partial charge in [-0.25, -0.2) is 4.39 Å². The van der Waals surface area contributed by atoms with E-state index in [-0.39, 0.29) is 17.9 Å². The lowest BCUT2D eigenvalue weighted by atomic mass is 10.2. The Morgan fingerprint density at radius 3 is 3.18 bits per heavy atom. The molecule has 60 valence electrons. The van der Waals surface area contributed by atoms with E-state index in [0.717, 1.165) is 6.07 Å². The molecular formula is C8H10FNO. The maximum absolute atomic E-state index is 12.9. The number of nitrogens with two attached hydrogens (primary N) is 1. The highest BCUT2D eigenvalue weighted by Gasteiger charge is 2.00. The smallest absolute Gasteiger partial charge is 0.127 e. The minimum absolute atomic E-state index is 0.00400. The summed E-state index contributed by atoms with van der Waals surface area (Å²) in [4.78, 5) is 0. The Morgan fingerprint density at radius 1 is 1.73 bits per heavy atom. The summed E-state index contributed by atoms with van der Waals surface area (Å²) in [6.45, 7) is 0.00400. The van der Waals surface area contributed by atoms with Gasteiger partial charge in [-0.05, 0) is 18.2 Å². The predicted octanol–water partition coefficient (Wildman–Crippen LogP) is 1.29. The average Bonchev–Trinajstić information content (AvgIpc) is 2.06. The van der Waals surface area contributed by atoms with Crippen molar-refractivity contribution < 1.29 is 13.2 Å². The van der Waals surface area contributed by atoms with E-state index in [9.17, 15) is 4.39 Å². The second-order valence-corrected chi connectivity index (χ2v) is 2.06. The number of hydrogen-bond acceptors (Lipinski definition) is 2. The Balaban J connectivity index is 2.90. The van der Waals surface area contributed by atoms with Crippen molar-refractivity contribution in [3.05, 3.63) is 29.6 Å². The third-order valence-electron chi connectivity index (χ3n) is 1.35. The lowest BCUT2D eigenvalue weighted by Gasteiger charge is -2.02. The van der Waals surface area contributed by atoms with Gasteiger partial charge in [0.1, 0.15) is 11.6 Å². The van der Waals surface area contributed by atoms with Gasteiger partial charge < -0.3 is 10.5 Å². The lowest BCUT2D eigenvalue weighted by Crippen LogP contribution is -1.99. The molecule has 2 N–H and O–H groups in total. The summed E-state index contributed by atoms with van der Waals surface area (Å²) in [6.07, 6.45) is 0. The monoisotopic (exact) mass is 158 g/mol. The topological polar surface area (TPSA) is 35.2 Å². The second kappa shape index (κ2) is 3.34. The van der Waals surface area contributed by atoms with Crippen LogP contribution in [0, 0.1) is 5.82 Å². The number of hydrogen-bond donors (Lipinski definition) is 1. The van der Waals surface area contributed by atoms with Gasteiger partial charge in [0.05, 0.1) is 11.2 Å². The first-order valence-corrected chi connectivity index (χ1v) is 3.10. The van der Waals surface area contributed by atoms with Gasteiger partial charge in [-0.15, -0.1) is 0 Å². The molecule has 0 atom stereocenters. The van der Waals surface area contributed by atoms with Crippen LogP contribution in [0.2, 0.25) is 0 Å². The van der Waals surface area contributed by atoms with Gasteiger partial charge in [0.15, 0.2) is 0 Å². The minimum atomic E-state index is -2.52. The molecular weight excluding hydrogens is 145 g/mol. The molecule has 3 heteroatoms. The number of halogens is 1. The Hall–Kier alpha value is -1.09. The molecule has 0 amide bonds. The highest BCUT2D eigenvalue weighted by Crippen LogP contribution is 2.15. The number of ether oxygens (including phenoxy) is 1. The number of benzene rings is 1. The lowest BCUT2D eigenvalue weighted by molar-refractivity contribution is 0.412. The maximum atomic E-state index is 12.9. The zero-order chi connectivity index (χ0) is 10.8. The van der Waals surface area contributed by atoms with Crippen molar-refractivity contribution in [1.29, 1.82) is 0 Å². The quantitative estimate of drug-likeness (QED) is 0.704. The summed E-state index contributed by atoms with van der Waals surface area (Å²) >= 11 is 0. The molecule has 0 aliphatic carbocycles. The molecule has 11 heavy (non-hydrogen) atoms. The third kappa shape index (κ3) is 1.68. The first-order valence-electron chi connectivity index (χ1n) is 4.60. The Labute approximate surface area is 69.0 Å². The maximum Gasteiger partial charge on any atom is 0.127 e. The van der Waals surface area contributed by atoms with Crippen LogP contribution in [0.4, 0.5) is 4.39 Å². The molecule has 0 aromatic heterocycles. The van der Waals surface area contributed by atoms with E-state index in [2.05, 4.69) is 4.74 Å². The van der Waals surface area contributed by atoms with Crippen molar-refractivity contribution in [2.45, 2.75) is 6.54 Å². The van der Waals surface area contributed by atoms with Gasteiger partial charge in [-0.3, -0.25) is 0 Å². The summed E-state index contributed by atoms with van der Waals surface area (Å²) in [6, 6.07) is 3.66. The number of rotatable bonds is 2. The van der Waals surface area contributed by atoms with E-state index in [0.29, 0.717) is 0 Å². The first-order chi connectivity index (χ1) is 6.42. The van der Waals surface area contributed by atoms with Gasteiger partial charge in [-0.1, -0.05) is 0 Å². The summed E-state index contributed by atoms with van der Waals surface area (Å²) in [5, 5.41) is 0. The van der Waals surface area contributed by atoms with E-state index in [1.165, 1.54) is 12.1 Å². The summed E-state index contributed by atoms with van der Waals surface area (Å²) in [7, 11) is -2.52. The van der Waals surface area contributed by atoms with E-state index in [1.54, 1.807) is 0 Å². The average molecular weight is 158 g/mol. The zero-order valence-corrected chi connectivity index (χ0v) is 5.80. The normalized spacial score (nSPS) is 14.9. The van der Waals surface area contributed by atoms with Crippen molar-refractivity contribution in [2.24, 2.45) is 5.73 Å². The molecule has 0 bridgehead atoms. The van der Waals surface area contributed by atoms with Crippen molar-refractivity contribution in [3.63, 3.8) is 0 Å². The molecule has 0 saturated carbocycles. The van der Waals surface area contributed by atoms with Crippen LogP contribution in [0.25, 0.3) is 0 Å². The molecule has 1 rings (SSSR count). The van der Waals surface area contributed by atoms with E-state index < -0.39 is 12.9 Å². The summed E-state index contributed by atoms with van der Waals surface area (Å²) in [5.74, 6) is -0.378. The minimum Gasteiger partial charge on any atom is -0.497 e. The number of methoxy groups -OCH3 is 1. The molecule has 0 aliphatic heterocycles. The van der Waals surface area contributed by atoms with Crippen LogP contribution in [0.5, 0.6) is 5.75 Å². The Morgan fingerprint density at radius 2 is 2.55 bits per heavy atom. The fraction of sp³-hybridized carbons (Fsp3) is 0.250. The van der Waals surface area contributed by atoms with Gasteiger partial charge in [-0.2, -0.15) is 0 Å². The van der Waals surface area contributed by atoms with E-state index >= 15 is 0 Å². The third-order valence-corrected chi connectivity index (χ3v) is 1.35. The van der Waals surface area contributed by atoms with Gasteiger partial charge in [0.25, 0.3) is 0 Å². The fourth-order valence-corrected chi connectivity index (χ4v) is 0.771. The van der Waals surface area contributed by atoms with Crippen LogP contribution in [0.1, 0.15) is 9.68 Å². The van der Waals surface area contributed by atoms with Gasteiger partial charge in [0.2, 0.25) is 0 Å². The van der Waals surface area contributed by atoms with Crippen LogP contribution in [0.3, 0.4) is 0 Å². The second-order valence-electron chi connectivity index (χ2n) is 2.06. The molecule has 0 radical (unpaired) electrons. The van der Waals surface area contributed by atoms with Crippen LogP contribution in [-0.4, -0.2) is 7.04 Å². The van der Waals surface area contributed by atoms with Crippen molar-refractivity contribution >= 4 is 0 Å². The molecule has 0 spiro atoms. The van der Waals surface area contributed by atoms with E-state index in [4.69, 9.17) is 9.85 Å². The van der Waals surface area contributed by atoms with Crippen LogP contribution in [-0.2, 0) is 6.54 Å². The molecule has 0 fully saturated rings. The molecule has 2 nitrogen and oxygen atoms in total. The first kappa shape index (κ1) is 4.72. The fourth-order valence-electron chi connectivity index (χ4n) is 0.771. The Kier molecular flexibility index (Phi) is 1.44. The highest BCUT2D eigenvalue weighted by molar-refractivity contribution is 5.29. The molecule has 0 aliphatic rings. The molecule has 1 aromatic carbocycles. The highest BCUT2D eigenvalue weighted by atomic mass is 19.1. The predicted molar refractivity (Wildman–Crippen MR) is 40.8 cm³/mol. The van der Waals surface area contributed by atoms with E-state index in [1.807, 2.05) is 0 Å². The summed E-state index contributed by atoms with van der Waals surface area (Å²) < 4.78 is 38.0. The van der Waals surface area contributed by atoms with Crippen molar-refractivity contribution in [3.8, 4) is 5.75 Å². The van der Waals surface area contributed by atoms with Crippen LogP contribution < -0.4 is 10.5 Å².